The first kappa shape index (κ1) is 23.9. The van der Waals surface area contributed by atoms with Gasteiger partial charge in [0.2, 0.25) is 5.69 Å². The van der Waals surface area contributed by atoms with Gasteiger partial charge < -0.3 is 5.32 Å². The first-order valence-corrected chi connectivity index (χ1v) is 11.6. The quantitative estimate of drug-likeness (QED) is 0.443. The van der Waals surface area contributed by atoms with Crippen LogP contribution in [0.5, 0.6) is 0 Å². The highest BCUT2D eigenvalue weighted by molar-refractivity contribution is 5.92. The molecular formula is C28H28N4O3. The zero-order chi connectivity index (χ0) is 24.9. The van der Waals surface area contributed by atoms with Crippen molar-refractivity contribution >= 4 is 5.91 Å². The second-order valence-corrected chi connectivity index (χ2v) is 8.77. The lowest BCUT2D eigenvalue weighted by Crippen LogP contribution is -2.46. The highest BCUT2D eigenvalue weighted by Crippen LogP contribution is 2.16. The molecule has 35 heavy (non-hydrogen) atoms. The molecule has 0 saturated heterocycles. The summed E-state index contributed by atoms with van der Waals surface area (Å²) in [6.07, 6.45) is 0. The van der Waals surface area contributed by atoms with Crippen LogP contribution in [0.3, 0.4) is 0 Å². The van der Waals surface area contributed by atoms with Crippen molar-refractivity contribution in [3.63, 3.8) is 0 Å². The Kier molecular flexibility index (Phi) is 7.06. The van der Waals surface area contributed by atoms with Gasteiger partial charge in [0.1, 0.15) is 0 Å². The molecule has 1 N–H and O–H groups in total. The molecule has 178 valence electrons. The second kappa shape index (κ2) is 10.3. The minimum absolute atomic E-state index is 0.0274. The molecule has 7 nitrogen and oxygen atoms in total. The van der Waals surface area contributed by atoms with Gasteiger partial charge in [-0.15, -0.1) is 0 Å². The molecule has 0 fully saturated rings. The zero-order valence-electron chi connectivity index (χ0n) is 20.0. The Morgan fingerprint density at radius 2 is 1.43 bits per heavy atom. The molecule has 1 aromatic heterocycles. The van der Waals surface area contributed by atoms with E-state index in [2.05, 4.69) is 24.3 Å². The number of carbonyl (C=O) groups is 1. The van der Waals surface area contributed by atoms with E-state index in [1.807, 2.05) is 79.7 Å². The summed E-state index contributed by atoms with van der Waals surface area (Å²) >= 11 is 0. The maximum absolute atomic E-state index is 13.4. The van der Waals surface area contributed by atoms with Crippen molar-refractivity contribution in [2.75, 3.05) is 0 Å². The summed E-state index contributed by atoms with van der Waals surface area (Å²) in [5.74, 6) is -0.317. The molecule has 0 bridgehead atoms. The lowest BCUT2D eigenvalue weighted by molar-refractivity contribution is 0.0930. The lowest BCUT2D eigenvalue weighted by atomic mass is 10.0. The third kappa shape index (κ3) is 5.30. The van der Waals surface area contributed by atoms with Crippen LogP contribution in [0.1, 0.15) is 59.9 Å². The van der Waals surface area contributed by atoms with Crippen molar-refractivity contribution in [1.29, 1.82) is 0 Å². The zero-order valence-corrected chi connectivity index (χ0v) is 20.0. The van der Waals surface area contributed by atoms with Crippen molar-refractivity contribution in [3.05, 3.63) is 128 Å². The third-order valence-corrected chi connectivity index (χ3v) is 5.91. The van der Waals surface area contributed by atoms with Gasteiger partial charge in [0, 0.05) is 0 Å². The van der Waals surface area contributed by atoms with Gasteiger partial charge >= 0.3 is 5.69 Å². The van der Waals surface area contributed by atoms with Crippen LogP contribution >= 0.6 is 0 Å². The molecule has 0 aliphatic heterocycles. The number of hydrogen-bond donors (Lipinski definition) is 1. The van der Waals surface area contributed by atoms with E-state index in [0.717, 1.165) is 25.9 Å². The van der Waals surface area contributed by atoms with E-state index in [0.29, 0.717) is 11.6 Å². The SMILES string of the molecule is CC(C)c1ccc(-n2nc(C(=O)N[C@H](C)c3ccccc3)c(=O)n(Cc3ccccc3)c2=O)cc1. The van der Waals surface area contributed by atoms with Gasteiger partial charge in [0.15, 0.2) is 0 Å². The average Bonchev–Trinajstić information content (AvgIpc) is 2.87. The van der Waals surface area contributed by atoms with E-state index in [9.17, 15) is 14.4 Å². The fraction of sp³-hybridized carbons (Fsp3) is 0.214. The van der Waals surface area contributed by atoms with Crippen molar-refractivity contribution in [2.45, 2.75) is 39.3 Å². The van der Waals surface area contributed by atoms with E-state index >= 15 is 0 Å². The molecular weight excluding hydrogens is 440 g/mol. The average molecular weight is 469 g/mol. The molecule has 0 unspecified atom stereocenters. The summed E-state index contributed by atoms with van der Waals surface area (Å²) in [6.45, 7) is 6.02. The van der Waals surface area contributed by atoms with Gasteiger partial charge in [-0.25, -0.2) is 4.79 Å². The molecule has 0 saturated carbocycles. The van der Waals surface area contributed by atoms with Gasteiger partial charge in [0.05, 0.1) is 18.3 Å². The Labute approximate surface area is 203 Å². The van der Waals surface area contributed by atoms with Gasteiger partial charge in [-0.2, -0.15) is 9.78 Å². The van der Waals surface area contributed by atoms with Gasteiger partial charge in [-0.1, -0.05) is 86.6 Å². The normalized spacial score (nSPS) is 11.9. The monoisotopic (exact) mass is 468 g/mol. The molecule has 7 heteroatoms. The molecule has 4 rings (SSSR count). The molecule has 0 spiro atoms. The maximum atomic E-state index is 13.4. The van der Waals surface area contributed by atoms with Crippen LogP contribution in [0.15, 0.2) is 94.5 Å². The molecule has 0 aliphatic carbocycles. The summed E-state index contributed by atoms with van der Waals surface area (Å²) in [7, 11) is 0. The molecule has 0 aliphatic rings. The molecule has 1 atom stereocenters. The number of rotatable bonds is 7. The largest absolute Gasteiger partial charge is 0.352 e. The van der Waals surface area contributed by atoms with Crippen molar-refractivity contribution in [1.82, 2.24) is 19.7 Å². The van der Waals surface area contributed by atoms with Crippen LogP contribution in [0, 0.1) is 0 Å². The van der Waals surface area contributed by atoms with Crippen molar-refractivity contribution in [3.8, 4) is 5.69 Å². The Bertz CT molecular complexity index is 1420. The fourth-order valence-electron chi connectivity index (χ4n) is 3.82. The summed E-state index contributed by atoms with van der Waals surface area (Å²) in [4.78, 5) is 39.9. The summed E-state index contributed by atoms with van der Waals surface area (Å²) in [5, 5.41) is 7.06. The number of benzene rings is 3. The molecule has 0 radical (unpaired) electrons. The third-order valence-electron chi connectivity index (χ3n) is 5.91. The van der Waals surface area contributed by atoms with E-state index in [4.69, 9.17) is 0 Å². The Morgan fingerprint density at radius 1 is 0.829 bits per heavy atom. The number of nitrogens with one attached hydrogen (secondary N) is 1. The number of hydrogen-bond acceptors (Lipinski definition) is 4. The van der Waals surface area contributed by atoms with Crippen LogP contribution in [-0.2, 0) is 6.54 Å². The summed E-state index contributed by atoms with van der Waals surface area (Å²) < 4.78 is 2.18. The van der Waals surface area contributed by atoms with E-state index in [1.54, 1.807) is 12.1 Å². The lowest BCUT2D eigenvalue weighted by Gasteiger charge is -2.16. The summed E-state index contributed by atoms with van der Waals surface area (Å²) in [5.41, 5.74) is 1.57. The van der Waals surface area contributed by atoms with Crippen LogP contribution in [0.25, 0.3) is 5.69 Å². The second-order valence-electron chi connectivity index (χ2n) is 8.77. The smallest absolute Gasteiger partial charge is 0.344 e. The number of carbonyl (C=O) groups excluding carboxylic acids is 1. The molecule has 1 heterocycles. The first-order chi connectivity index (χ1) is 16.8. The minimum Gasteiger partial charge on any atom is -0.344 e. The fourth-order valence-corrected chi connectivity index (χ4v) is 3.82. The van der Waals surface area contributed by atoms with Crippen LogP contribution in [0.2, 0.25) is 0 Å². The number of aromatic nitrogens is 3. The van der Waals surface area contributed by atoms with Crippen molar-refractivity contribution in [2.24, 2.45) is 0 Å². The van der Waals surface area contributed by atoms with Gasteiger partial charge in [0.25, 0.3) is 11.5 Å². The topological polar surface area (TPSA) is 86.0 Å². The van der Waals surface area contributed by atoms with E-state index < -0.39 is 17.2 Å². The number of nitrogens with zero attached hydrogens (tertiary/aromatic N) is 3. The van der Waals surface area contributed by atoms with E-state index in [1.165, 1.54) is 0 Å². The van der Waals surface area contributed by atoms with E-state index in [-0.39, 0.29) is 18.3 Å². The predicted octanol–water partition coefficient (Wildman–Crippen LogP) is 4.06. The highest BCUT2D eigenvalue weighted by Gasteiger charge is 2.22. The predicted molar refractivity (Wildman–Crippen MR) is 136 cm³/mol. The first-order valence-electron chi connectivity index (χ1n) is 11.6. The molecule has 4 aromatic rings. The van der Waals surface area contributed by atoms with Crippen molar-refractivity contribution < 1.29 is 4.79 Å². The standard InChI is InChI=1S/C28H28N4O3/c1-19(2)22-14-16-24(17-15-22)32-28(35)31(18-21-10-6-4-7-11-21)27(34)25(30-32)26(33)29-20(3)23-12-8-5-9-13-23/h4-17,19-20H,18H2,1-3H3,(H,29,33)/t20-/m1/s1. The molecule has 1 amide bonds. The Hall–Kier alpha value is -4.26. The van der Waals surface area contributed by atoms with Crippen LogP contribution in [0.4, 0.5) is 0 Å². The number of amides is 1. The van der Waals surface area contributed by atoms with Gasteiger partial charge in [-0.05, 0) is 41.7 Å². The van der Waals surface area contributed by atoms with Gasteiger partial charge in [-0.3, -0.25) is 14.2 Å². The maximum Gasteiger partial charge on any atom is 0.352 e. The van der Waals surface area contributed by atoms with Crippen LogP contribution < -0.4 is 16.6 Å². The summed E-state index contributed by atoms with van der Waals surface area (Å²) in [6, 6.07) is 25.6. The molecule has 3 aromatic carbocycles. The Morgan fingerprint density at radius 3 is 2.03 bits per heavy atom. The minimum atomic E-state index is -0.730. The highest BCUT2D eigenvalue weighted by atomic mass is 16.2. The Balaban J connectivity index is 1.79. The van der Waals surface area contributed by atoms with Crippen LogP contribution in [-0.4, -0.2) is 20.3 Å².